The van der Waals surface area contributed by atoms with Crippen molar-refractivity contribution in [3.8, 4) is 5.75 Å². The summed E-state index contributed by atoms with van der Waals surface area (Å²) in [5.41, 5.74) is 0.542. The summed E-state index contributed by atoms with van der Waals surface area (Å²) >= 11 is 0. The lowest BCUT2D eigenvalue weighted by molar-refractivity contribution is 0.112. The second-order valence-electron chi connectivity index (χ2n) is 10.2. The fraction of sp³-hybridized carbons (Fsp3) is 0.586. The summed E-state index contributed by atoms with van der Waals surface area (Å²) in [6.45, 7) is 5.83. The van der Waals surface area contributed by atoms with Crippen molar-refractivity contribution < 1.29 is 17.9 Å². The van der Waals surface area contributed by atoms with Gasteiger partial charge in [0.05, 0.1) is 5.39 Å². The van der Waals surface area contributed by atoms with Gasteiger partial charge >= 0.3 is 0 Å². The van der Waals surface area contributed by atoms with E-state index in [9.17, 15) is 8.78 Å². The first-order valence-electron chi connectivity index (χ1n) is 12.9. The summed E-state index contributed by atoms with van der Waals surface area (Å²) in [5.74, 6) is -0.811. The molecule has 0 aliphatic heterocycles. The van der Waals surface area contributed by atoms with E-state index in [0.717, 1.165) is 31.1 Å². The van der Waals surface area contributed by atoms with E-state index in [1.165, 1.54) is 63.5 Å². The Hall–Kier alpha value is -1.97. The molecule has 0 radical (unpaired) electrons. The molecule has 33 heavy (non-hydrogen) atoms. The van der Waals surface area contributed by atoms with Crippen LogP contribution in [0.1, 0.15) is 89.0 Å². The zero-order valence-corrected chi connectivity index (χ0v) is 19.9. The third-order valence-corrected chi connectivity index (χ3v) is 8.10. The Kier molecular flexibility index (Phi) is 8.03. The van der Waals surface area contributed by atoms with E-state index in [4.69, 9.17) is 4.74 Å². The smallest absolute Gasteiger partial charge is 0.201 e. The molecule has 0 amide bonds. The van der Waals surface area contributed by atoms with Crippen LogP contribution in [0.25, 0.3) is 10.8 Å². The number of unbranched alkanes of at least 4 members (excludes halogenated alkanes) is 3. The average Bonchev–Trinajstić information content (AvgIpc) is 2.83. The second kappa shape index (κ2) is 11.0. The predicted octanol–water partition coefficient (Wildman–Crippen LogP) is 9.09. The van der Waals surface area contributed by atoms with Crippen molar-refractivity contribution in [2.24, 2.45) is 17.8 Å². The maximum atomic E-state index is 15.5. The monoisotopic (exact) mass is 458 g/mol. The molecule has 1 nitrogen and oxygen atoms in total. The van der Waals surface area contributed by atoms with Gasteiger partial charge in [-0.15, -0.1) is 0 Å². The summed E-state index contributed by atoms with van der Waals surface area (Å²) in [4.78, 5) is 0. The number of fused-ring (bicyclic) bond motifs is 2. The summed E-state index contributed by atoms with van der Waals surface area (Å²) in [6.07, 6.45) is 15.0. The molecule has 0 N–H and O–H groups in total. The first-order chi connectivity index (χ1) is 16.0. The SMILES string of the molecule is C=CCOc1cc2ccc(C3CCC4CC(CCCCCC)CCC4C3)c(F)c2c(F)c1F. The van der Waals surface area contributed by atoms with Gasteiger partial charge in [-0.25, -0.2) is 8.78 Å². The molecule has 0 spiro atoms. The van der Waals surface area contributed by atoms with Crippen LogP contribution in [0, 0.1) is 35.2 Å². The average molecular weight is 459 g/mol. The molecule has 2 aliphatic carbocycles. The Morgan fingerprint density at radius 2 is 1.73 bits per heavy atom. The topological polar surface area (TPSA) is 9.23 Å². The fourth-order valence-corrected chi connectivity index (χ4v) is 6.33. The standard InChI is InChI=1S/C29H37F3O/c1-3-5-6-7-8-19-9-10-21-17-22(12-11-20(21)16-19)24-14-13-23-18-25(33-15-4-2)28(31)29(32)26(23)27(24)30/h4,13-14,18-22H,2-3,5-12,15-17H2,1H3. The minimum Gasteiger partial charge on any atom is -0.486 e. The Labute approximate surface area is 196 Å². The Balaban J connectivity index is 1.46. The third kappa shape index (κ3) is 5.25. The predicted molar refractivity (Wildman–Crippen MR) is 129 cm³/mol. The minimum atomic E-state index is -1.16. The number of rotatable bonds is 9. The van der Waals surface area contributed by atoms with Crippen molar-refractivity contribution in [3.63, 3.8) is 0 Å². The number of ether oxygens (including phenoxy) is 1. The van der Waals surface area contributed by atoms with Gasteiger partial charge in [-0.05, 0) is 72.8 Å². The first-order valence-corrected chi connectivity index (χ1v) is 12.9. The second-order valence-corrected chi connectivity index (χ2v) is 10.2. The van der Waals surface area contributed by atoms with Crippen LogP contribution >= 0.6 is 0 Å². The van der Waals surface area contributed by atoms with Crippen molar-refractivity contribution in [1.29, 1.82) is 0 Å². The molecule has 4 unspecified atom stereocenters. The molecule has 0 bridgehead atoms. The minimum absolute atomic E-state index is 0.0622. The quantitative estimate of drug-likeness (QED) is 0.269. The van der Waals surface area contributed by atoms with E-state index in [1.807, 2.05) is 0 Å². The molecule has 4 heteroatoms. The summed E-state index contributed by atoms with van der Waals surface area (Å²) < 4.78 is 50.0. The zero-order valence-electron chi connectivity index (χ0n) is 19.9. The molecule has 4 rings (SSSR count). The van der Waals surface area contributed by atoms with Crippen LogP contribution < -0.4 is 4.74 Å². The van der Waals surface area contributed by atoms with E-state index in [2.05, 4.69) is 13.5 Å². The van der Waals surface area contributed by atoms with Crippen molar-refractivity contribution >= 4 is 10.8 Å². The molecule has 2 fully saturated rings. The number of benzene rings is 2. The lowest BCUT2D eigenvalue weighted by atomic mass is 9.63. The highest BCUT2D eigenvalue weighted by molar-refractivity contribution is 5.86. The molecule has 2 aromatic carbocycles. The normalized spacial score (nSPS) is 25.1. The highest BCUT2D eigenvalue weighted by atomic mass is 19.2. The molecule has 0 aromatic heterocycles. The summed E-state index contributed by atoms with van der Waals surface area (Å²) in [7, 11) is 0. The van der Waals surface area contributed by atoms with Crippen LogP contribution in [-0.2, 0) is 0 Å². The van der Waals surface area contributed by atoms with E-state index in [-0.39, 0.29) is 23.7 Å². The first kappa shape index (κ1) is 24.2. The zero-order chi connectivity index (χ0) is 23.4. The fourth-order valence-electron chi connectivity index (χ4n) is 6.33. The lowest BCUT2D eigenvalue weighted by Crippen LogP contribution is -2.30. The largest absolute Gasteiger partial charge is 0.486 e. The van der Waals surface area contributed by atoms with Crippen molar-refractivity contribution in [2.75, 3.05) is 6.61 Å². The van der Waals surface area contributed by atoms with Gasteiger partial charge in [-0.2, -0.15) is 4.39 Å². The van der Waals surface area contributed by atoms with Gasteiger partial charge in [0.25, 0.3) is 0 Å². The van der Waals surface area contributed by atoms with Crippen molar-refractivity contribution in [3.05, 3.63) is 53.9 Å². The van der Waals surface area contributed by atoms with Crippen LogP contribution in [0.2, 0.25) is 0 Å². The Bertz CT molecular complexity index is 969. The van der Waals surface area contributed by atoms with Gasteiger partial charge in [0.1, 0.15) is 12.4 Å². The summed E-state index contributed by atoms with van der Waals surface area (Å²) in [6, 6.07) is 4.86. The summed E-state index contributed by atoms with van der Waals surface area (Å²) in [5, 5.41) is 0.0698. The van der Waals surface area contributed by atoms with E-state index in [1.54, 1.807) is 12.1 Å². The Morgan fingerprint density at radius 1 is 0.939 bits per heavy atom. The van der Waals surface area contributed by atoms with Crippen LogP contribution in [0.4, 0.5) is 13.2 Å². The van der Waals surface area contributed by atoms with E-state index >= 15 is 4.39 Å². The number of hydrogen-bond donors (Lipinski definition) is 0. The van der Waals surface area contributed by atoms with Crippen molar-refractivity contribution in [2.45, 2.75) is 83.5 Å². The molecule has 180 valence electrons. The van der Waals surface area contributed by atoms with Gasteiger partial charge in [0, 0.05) is 0 Å². The van der Waals surface area contributed by atoms with E-state index < -0.39 is 17.5 Å². The van der Waals surface area contributed by atoms with Gasteiger partial charge in [0.2, 0.25) is 5.82 Å². The molecule has 2 aliphatic rings. The highest BCUT2D eigenvalue weighted by Crippen LogP contribution is 2.49. The van der Waals surface area contributed by atoms with Crippen molar-refractivity contribution in [1.82, 2.24) is 0 Å². The Morgan fingerprint density at radius 3 is 2.52 bits per heavy atom. The van der Waals surface area contributed by atoms with E-state index in [0.29, 0.717) is 16.9 Å². The van der Waals surface area contributed by atoms with Crippen LogP contribution in [0.3, 0.4) is 0 Å². The molecule has 4 atom stereocenters. The third-order valence-electron chi connectivity index (χ3n) is 8.10. The van der Waals surface area contributed by atoms with Gasteiger partial charge < -0.3 is 4.74 Å². The molecular formula is C29H37F3O. The molecular weight excluding hydrogens is 421 g/mol. The molecule has 0 heterocycles. The molecule has 2 aromatic rings. The molecule has 0 saturated heterocycles. The maximum absolute atomic E-state index is 15.5. The maximum Gasteiger partial charge on any atom is 0.201 e. The van der Waals surface area contributed by atoms with Crippen LogP contribution in [0.15, 0.2) is 30.9 Å². The number of hydrogen-bond acceptors (Lipinski definition) is 1. The highest BCUT2D eigenvalue weighted by Gasteiger charge is 2.37. The van der Waals surface area contributed by atoms with Crippen LogP contribution in [-0.4, -0.2) is 6.61 Å². The van der Waals surface area contributed by atoms with Crippen LogP contribution in [0.5, 0.6) is 5.75 Å². The van der Waals surface area contributed by atoms with Gasteiger partial charge in [0.15, 0.2) is 11.6 Å². The molecule has 2 saturated carbocycles. The number of halogens is 3. The lowest BCUT2D eigenvalue weighted by Gasteiger charge is -2.42. The van der Waals surface area contributed by atoms with Gasteiger partial charge in [-0.1, -0.05) is 70.2 Å². The van der Waals surface area contributed by atoms with Gasteiger partial charge in [-0.3, -0.25) is 0 Å².